The highest BCUT2D eigenvalue weighted by Gasteiger charge is 2.35. The number of hydrogen-bond acceptors (Lipinski definition) is 4. The Labute approximate surface area is 120 Å². The van der Waals surface area contributed by atoms with E-state index in [0.717, 1.165) is 19.3 Å². The number of piperidine rings is 1. The minimum Gasteiger partial charge on any atom is -0.326 e. The molecule has 0 aliphatic carbocycles. The van der Waals surface area contributed by atoms with Crippen LogP contribution >= 0.6 is 12.4 Å². The molecule has 0 saturated carbocycles. The fraction of sp³-hybridized carbons (Fsp3) is 0.583. The average molecular weight is 306 g/mol. The number of sulfonamides is 1. The number of rotatable bonds is 3. The van der Waals surface area contributed by atoms with Gasteiger partial charge in [0.1, 0.15) is 4.90 Å². The van der Waals surface area contributed by atoms with Gasteiger partial charge in [-0.1, -0.05) is 6.42 Å². The molecular weight excluding hydrogens is 286 g/mol. The number of aromatic nitrogens is 1. The van der Waals surface area contributed by atoms with Gasteiger partial charge in [-0.25, -0.2) is 8.42 Å². The van der Waals surface area contributed by atoms with Crippen LogP contribution in [-0.2, 0) is 10.0 Å². The SMILES string of the molecule is CC(N)C1CCCCN1S(=O)(=O)c1cccnc1.Cl. The number of pyridine rings is 1. The first-order chi connectivity index (χ1) is 8.53. The van der Waals surface area contributed by atoms with Gasteiger partial charge in [-0.05, 0) is 31.9 Å². The van der Waals surface area contributed by atoms with Crippen molar-refractivity contribution in [1.29, 1.82) is 0 Å². The Balaban J connectivity index is 0.00000180. The monoisotopic (exact) mass is 305 g/mol. The van der Waals surface area contributed by atoms with Crippen molar-refractivity contribution in [3.8, 4) is 0 Å². The van der Waals surface area contributed by atoms with Gasteiger partial charge in [-0.15, -0.1) is 12.4 Å². The molecular formula is C12H20ClN3O2S. The summed E-state index contributed by atoms with van der Waals surface area (Å²) < 4.78 is 26.6. The minimum atomic E-state index is -3.47. The van der Waals surface area contributed by atoms with Gasteiger partial charge in [-0.2, -0.15) is 4.31 Å². The molecule has 0 aromatic carbocycles. The summed E-state index contributed by atoms with van der Waals surface area (Å²) >= 11 is 0. The van der Waals surface area contributed by atoms with Crippen molar-refractivity contribution in [2.45, 2.75) is 43.2 Å². The van der Waals surface area contributed by atoms with Crippen molar-refractivity contribution in [2.75, 3.05) is 6.54 Å². The second kappa shape index (κ2) is 6.65. The molecule has 0 radical (unpaired) electrons. The van der Waals surface area contributed by atoms with Crippen LogP contribution in [0.2, 0.25) is 0 Å². The highest BCUT2D eigenvalue weighted by atomic mass is 35.5. The number of halogens is 1. The van der Waals surface area contributed by atoms with Crippen LogP contribution in [0.3, 0.4) is 0 Å². The van der Waals surface area contributed by atoms with E-state index < -0.39 is 10.0 Å². The molecule has 0 bridgehead atoms. The molecule has 2 heterocycles. The molecule has 1 aromatic rings. The second-order valence-electron chi connectivity index (χ2n) is 4.73. The van der Waals surface area contributed by atoms with E-state index in [4.69, 9.17) is 5.73 Å². The summed E-state index contributed by atoms with van der Waals surface area (Å²) in [4.78, 5) is 4.13. The largest absolute Gasteiger partial charge is 0.326 e. The summed E-state index contributed by atoms with van der Waals surface area (Å²) in [6, 6.07) is 2.95. The van der Waals surface area contributed by atoms with Crippen molar-refractivity contribution in [1.82, 2.24) is 9.29 Å². The maximum absolute atomic E-state index is 12.5. The highest BCUT2D eigenvalue weighted by molar-refractivity contribution is 7.89. The summed E-state index contributed by atoms with van der Waals surface area (Å²) in [5, 5.41) is 0. The summed E-state index contributed by atoms with van der Waals surface area (Å²) in [5.41, 5.74) is 5.91. The van der Waals surface area contributed by atoms with Crippen LogP contribution in [0.1, 0.15) is 26.2 Å². The Morgan fingerprint density at radius 3 is 2.79 bits per heavy atom. The van der Waals surface area contributed by atoms with E-state index in [0.29, 0.717) is 6.54 Å². The fourth-order valence-corrected chi connectivity index (χ4v) is 4.13. The van der Waals surface area contributed by atoms with E-state index in [1.165, 1.54) is 10.5 Å². The molecule has 1 aliphatic heterocycles. The molecule has 0 amide bonds. The van der Waals surface area contributed by atoms with Crippen LogP contribution in [-0.4, -0.2) is 36.3 Å². The maximum atomic E-state index is 12.5. The Morgan fingerprint density at radius 1 is 1.47 bits per heavy atom. The summed E-state index contributed by atoms with van der Waals surface area (Å²) in [6.07, 6.45) is 5.71. The Kier molecular flexibility index (Phi) is 5.73. The number of nitrogens with two attached hydrogens (primary N) is 1. The summed E-state index contributed by atoms with van der Waals surface area (Å²) in [7, 11) is -3.47. The van der Waals surface area contributed by atoms with Crippen molar-refractivity contribution < 1.29 is 8.42 Å². The van der Waals surface area contributed by atoms with E-state index >= 15 is 0 Å². The van der Waals surface area contributed by atoms with Gasteiger partial charge in [-0.3, -0.25) is 4.98 Å². The lowest BCUT2D eigenvalue weighted by Gasteiger charge is -2.36. The first kappa shape index (κ1) is 16.4. The quantitative estimate of drug-likeness (QED) is 0.915. The molecule has 5 nitrogen and oxygen atoms in total. The van der Waals surface area contributed by atoms with Gasteiger partial charge in [0.05, 0.1) is 0 Å². The molecule has 0 spiro atoms. The van der Waals surface area contributed by atoms with E-state index in [1.807, 2.05) is 6.92 Å². The Bertz CT molecular complexity index is 493. The molecule has 2 rings (SSSR count). The van der Waals surface area contributed by atoms with Crippen LogP contribution in [0.4, 0.5) is 0 Å². The smallest absolute Gasteiger partial charge is 0.244 e. The summed E-state index contributed by atoms with van der Waals surface area (Å²) in [6.45, 7) is 2.41. The number of nitrogens with zero attached hydrogens (tertiary/aromatic N) is 2. The van der Waals surface area contributed by atoms with Crippen molar-refractivity contribution in [3.05, 3.63) is 24.5 Å². The average Bonchev–Trinajstić information content (AvgIpc) is 2.39. The van der Waals surface area contributed by atoms with Gasteiger partial charge in [0.15, 0.2) is 0 Å². The fourth-order valence-electron chi connectivity index (χ4n) is 2.39. The van der Waals surface area contributed by atoms with Gasteiger partial charge in [0.25, 0.3) is 0 Å². The normalized spacial score (nSPS) is 22.5. The molecule has 7 heteroatoms. The Morgan fingerprint density at radius 2 is 2.21 bits per heavy atom. The van der Waals surface area contributed by atoms with Crippen molar-refractivity contribution in [3.63, 3.8) is 0 Å². The third-order valence-corrected chi connectivity index (χ3v) is 5.25. The third kappa shape index (κ3) is 3.45. The topological polar surface area (TPSA) is 76.3 Å². The van der Waals surface area contributed by atoms with E-state index in [9.17, 15) is 8.42 Å². The minimum absolute atomic E-state index is 0. The van der Waals surface area contributed by atoms with Crippen LogP contribution in [0.15, 0.2) is 29.4 Å². The molecule has 1 fully saturated rings. The zero-order valence-corrected chi connectivity index (χ0v) is 12.5. The van der Waals surface area contributed by atoms with Crippen LogP contribution in [0.25, 0.3) is 0 Å². The predicted molar refractivity (Wildman–Crippen MR) is 76.7 cm³/mol. The van der Waals surface area contributed by atoms with Gasteiger partial charge < -0.3 is 5.73 Å². The Hall–Kier alpha value is -0.690. The van der Waals surface area contributed by atoms with E-state index in [1.54, 1.807) is 18.3 Å². The van der Waals surface area contributed by atoms with Gasteiger partial charge in [0.2, 0.25) is 10.0 Å². The first-order valence-corrected chi connectivity index (χ1v) is 7.65. The first-order valence-electron chi connectivity index (χ1n) is 6.21. The number of hydrogen-bond donors (Lipinski definition) is 1. The molecule has 1 aromatic heterocycles. The standard InChI is InChI=1S/C12H19N3O2S.ClH/c1-10(13)12-6-2-3-8-15(12)18(16,17)11-5-4-7-14-9-11;/h4-5,7,9-10,12H,2-3,6,8,13H2,1H3;1H. The molecule has 2 N–H and O–H groups in total. The van der Waals surface area contributed by atoms with Crippen LogP contribution in [0, 0.1) is 0 Å². The van der Waals surface area contributed by atoms with Crippen LogP contribution in [0.5, 0.6) is 0 Å². The lowest BCUT2D eigenvalue weighted by atomic mass is 10.00. The van der Waals surface area contributed by atoms with Gasteiger partial charge in [0, 0.05) is 31.0 Å². The third-order valence-electron chi connectivity index (χ3n) is 3.35. The van der Waals surface area contributed by atoms with Gasteiger partial charge >= 0.3 is 0 Å². The predicted octanol–water partition coefficient (Wildman–Crippen LogP) is 1.39. The van der Waals surface area contributed by atoms with E-state index in [2.05, 4.69) is 4.98 Å². The molecule has 1 aliphatic rings. The zero-order chi connectivity index (χ0) is 13.2. The lowest BCUT2D eigenvalue weighted by Crippen LogP contribution is -2.51. The zero-order valence-electron chi connectivity index (χ0n) is 10.9. The van der Waals surface area contributed by atoms with Crippen LogP contribution < -0.4 is 5.73 Å². The molecule has 1 saturated heterocycles. The molecule has 108 valence electrons. The van der Waals surface area contributed by atoms with Crippen molar-refractivity contribution >= 4 is 22.4 Å². The van der Waals surface area contributed by atoms with Crippen molar-refractivity contribution in [2.24, 2.45) is 5.73 Å². The maximum Gasteiger partial charge on any atom is 0.244 e. The lowest BCUT2D eigenvalue weighted by molar-refractivity contribution is 0.227. The van der Waals surface area contributed by atoms with E-state index in [-0.39, 0.29) is 29.4 Å². The second-order valence-corrected chi connectivity index (χ2v) is 6.62. The molecule has 19 heavy (non-hydrogen) atoms. The molecule has 2 unspecified atom stereocenters. The summed E-state index contributed by atoms with van der Waals surface area (Å²) in [5.74, 6) is 0. The molecule has 2 atom stereocenters. The highest BCUT2D eigenvalue weighted by Crippen LogP contribution is 2.26.